The monoisotopic (exact) mass is 703 g/mol. The molecule has 1 aliphatic carbocycles. The number of fused-ring (bicyclic) bond motifs is 8. The third-order valence-corrected chi connectivity index (χ3v) is 11.8. The molecule has 11 rings (SSSR count). The van der Waals surface area contributed by atoms with Crippen molar-refractivity contribution in [2.24, 2.45) is 0 Å². The highest BCUT2D eigenvalue weighted by atomic mass is 16.3. The van der Waals surface area contributed by atoms with Crippen LogP contribution in [0.4, 0.5) is 17.1 Å². The summed E-state index contributed by atoms with van der Waals surface area (Å²) >= 11 is 0. The van der Waals surface area contributed by atoms with Gasteiger partial charge in [-0.15, -0.1) is 0 Å². The maximum Gasteiger partial charge on any atom is 0.136 e. The Morgan fingerprint density at radius 1 is 0.418 bits per heavy atom. The van der Waals surface area contributed by atoms with E-state index in [-0.39, 0.29) is 5.41 Å². The van der Waals surface area contributed by atoms with Gasteiger partial charge in [0.1, 0.15) is 11.2 Å². The summed E-state index contributed by atoms with van der Waals surface area (Å²) in [6, 6.07) is 68.4. The van der Waals surface area contributed by atoms with Crippen molar-refractivity contribution >= 4 is 60.5 Å². The Hall–Kier alpha value is -6.90. The minimum absolute atomic E-state index is 0.142. The number of hydrogen-bond acceptors (Lipinski definition) is 2. The van der Waals surface area contributed by atoms with Gasteiger partial charge in [0.25, 0.3) is 0 Å². The second-order valence-corrected chi connectivity index (χ2v) is 15.3. The van der Waals surface area contributed by atoms with E-state index in [2.05, 4.69) is 207 Å². The number of hydrogen-bond donors (Lipinski definition) is 0. The van der Waals surface area contributed by atoms with Crippen LogP contribution in [0.2, 0.25) is 0 Å². The van der Waals surface area contributed by atoms with Crippen LogP contribution < -0.4 is 4.90 Å². The fourth-order valence-electron chi connectivity index (χ4n) is 9.11. The van der Waals surface area contributed by atoms with Crippen LogP contribution in [0, 0.1) is 0 Å². The molecule has 2 heteroatoms. The Kier molecular flexibility index (Phi) is 6.93. The van der Waals surface area contributed by atoms with Crippen molar-refractivity contribution in [3.05, 3.63) is 199 Å². The van der Waals surface area contributed by atoms with Crippen molar-refractivity contribution < 1.29 is 4.42 Å². The summed E-state index contributed by atoms with van der Waals surface area (Å²) in [5.74, 6) is 0. The number of furan rings is 1. The molecular formula is C53H37NO. The molecule has 1 aromatic heterocycles. The summed E-state index contributed by atoms with van der Waals surface area (Å²) in [5.41, 5.74) is 15.1. The Balaban J connectivity index is 1.12. The lowest BCUT2D eigenvalue weighted by molar-refractivity contribution is 0.661. The zero-order valence-electron chi connectivity index (χ0n) is 30.8. The van der Waals surface area contributed by atoms with Crippen molar-refractivity contribution in [1.82, 2.24) is 0 Å². The molecule has 0 saturated carbocycles. The number of nitrogens with zero attached hydrogens (tertiary/aromatic N) is 1. The Labute approximate surface area is 320 Å². The quantitative estimate of drug-likeness (QED) is 0.177. The molecule has 0 bridgehead atoms. The summed E-state index contributed by atoms with van der Waals surface area (Å²) in [6.07, 6.45) is 0. The van der Waals surface area contributed by atoms with Gasteiger partial charge in [-0.3, -0.25) is 0 Å². The molecule has 0 fully saturated rings. The van der Waals surface area contributed by atoms with E-state index in [0.717, 1.165) is 44.4 Å². The largest absolute Gasteiger partial charge is 0.456 e. The van der Waals surface area contributed by atoms with Crippen LogP contribution in [0.3, 0.4) is 0 Å². The molecule has 0 saturated heterocycles. The van der Waals surface area contributed by atoms with E-state index in [0.29, 0.717) is 0 Å². The van der Waals surface area contributed by atoms with Gasteiger partial charge in [-0.05, 0) is 104 Å². The highest BCUT2D eigenvalue weighted by Crippen LogP contribution is 2.57. The second-order valence-electron chi connectivity index (χ2n) is 15.3. The van der Waals surface area contributed by atoms with Crippen LogP contribution in [0.1, 0.15) is 25.0 Å². The fourth-order valence-corrected chi connectivity index (χ4v) is 9.11. The first kappa shape index (κ1) is 31.6. The average Bonchev–Trinajstić information content (AvgIpc) is 3.72. The standard InChI is InChI=1S/C53H37NO/c1-53(2)46-21-11-10-19-44(46)51-47(53)32-39-15-8-9-18-43(39)52(51)54(40-16-4-3-5-17-40)41-29-30-48-45(33-41)50-42(20-12-22-49(50)55-48)36-26-23-35(24-27-36)38-28-25-34-13-6-7-14-37(34)31-38/h3-33H,1-2H3. The van der Waals surface area contributed by atoms with Crippen molar-refractivity contribution in [2.75, 3.05) is 4.90 Å². The lowest BCUT2D eigenvalue weighted by atomic mass is 9.81. The number of rotatable bonds is 5. The van der Waals surface area contributed by atoms with Gasteiger partial charge in [-0.2, -0.15) is 0 Å². The zero-order valence-corrected chi connectivity index (χ0v) is 30.8. The van der Waals surface area contributed by atoms with E-state index in [1.807, 2.05) is 0 Å². The van der Waals surface area contributed by atoms with Crippen LogP contribution in [-0.2, 0) is 5.41 Å². The predicted molar refractivity (Wildman–Crippen MR) is 232 cm³/mol. The summed E-state index contributed by atoms with van der Waals surface area (Å²) in [6.45, 7) is 4.73. The molecule has 0 atom stereocenters. The first-order valence-corrected chi connectivity index (χ1v) is 19.1. The fraction of sp³-hybridized carbons (Fsp3) is 0.0566. The molecule has 1 heterocycles. The van der Waals surface area contributed by atoms with Crippen molar-refractivity contribution in [2.45, 2.75) is 19.3 Å². The summed E-state index contributed by atoms with van der Waals surface area (Å²) in [4.78, 5) is 2.47. The van der Waals surface area contributed by atoms with Gasteiger partial charge in [-0.25, -0.2) is 0 Å². The van der Waals surface area contributed by atoms with E-state index in [4.69, 9.17) is 4.42 Å². The van der Waals surface area contributed by atoms with Crippen molar-refractivity contribution in [3.8, 4) is 33.4 Å². The van der Waals surface area contributed by atoms with Gasteiger partial charge >= 0.3 is 0 Å². The summed E-state index contributed by atoms with van der Waals surface area (Å²) < 4.78 is 6.59. The van der Waals surface area contributed by atoms with E-state index in [9.17, 15) is 0 Å². The second kappa shape index (κ2) is 12.1. The summed E-state index contributed by atoms with van der Waals surface area (Å²) in [5, 5.41) is 7.19. The smallest absolute Gasteiger partial charge is 0.136 e. The number of para-hydroxylation sites is 1. The molecule has 0 radical (unpaired) electrons. The van der Waals surface area contributed by atoms with E-state index in [1.54, 1.807) is 0 Å². The maximum absolute atomic E-state index is 6.59. The van der Waals surface area contributed by atoms with Crippen LogP contribution >= 0.6 is 0 Å². The van der Waals surface area contributed by atoms with Crippen LogP contribution in [-0.4, -0.2) is 0 Å². The first-order valence-electron chi connectivity index (χ1n) is 19.1. The predicted octanol–water partition coefficient (Wildman–Crippen LogP) is 15.0. The molecule has 0 amide bonds. The topological polar surface area (TPSA) is 16.4 Å². The molecule has 0 aliphatic heterocycles. The Morgan fingerprint density at radius 3 is 1.96 bits per heavy atom. The maximum atomic E-state index is 6.59. The van der Waals surface area contributed by atoms with Crippen molar-refractivity contribution in [3.63, 3.8) is 0 Å². The van der Waals surface area contributed by atoms with E-state index in [1.165, 1.54) is 60.6 Å². The Morgan fingerprint density at radius 2 is 1.11 bits per heavy atom. The molecule has 260 valence electrons. The average molecular weight is 704 g/mol. The van der Waals surface area contributed by atoms with Gasteiger partial charge < -0.3 is 9.32 Å². The lowest BCUT2D eigenvalue weighted by Gasteiger charge is -2.30. The molecular weight excluding hydrogens is 667 g/mol. The normalized spacial score (nSPS) is 13.1. The van der Waals surface area contributed by atoms with Gasteiger partial charge in [-0.1, -0.05) is 153 Å². The van der Waals surface area contributed by atoms with Crippen LogP contribution in [0.25, 0.3) is 76.9 Å². The van der Waals surface area contributed by atoms with Crippen LogP contribution in [0.15, 0.2) is 192 Å². The zero-order chi connectivity index (χ0) is 36.7. The minimum atomic E-state index is -0.142. The third kappa shape index (κ3) is 4.88. The van der Waals surface area contributed by atoms with Gasteiger partial charge in [0.2, 0.25) is 0 Å². The van der Waals surface area contributed by atoms with E-state index < -0.39 is 0 Å². The highest BCUT2D eigenvalue weighted by molar-refractivity contribution is 6.15. The highest BCUT2D eigenvalue weighted by Gasteiger charge is 2.39. The minimum Gasteiger partial charge on any atom is -0.456 e. The molecule has 55 heavy (non-hydrogen) atoms. The summed E-state index contributed by atoms with van der Waals surface area (Å²) in [7, 11) is 0. The lowest BCUT2D eigenvalue weighted by Crippen LogP contribution is -2.16. The number of anilines is 3. The third-order valence-electron chi connectivity index (χ3n) is 11.8. The Bertz CT molecular complexity index is 3110. The first-order chi connectivity index (χ1) is 27.0. The van der Waals surface area contributed by atoms with E-state index >= 15 is 0 Å². The number of benzene rings is 9. The van der Waals surface area contributed by atoms with Gasteiger partial charge in [0, 0.05) is 38.5 Å². The SMILES string of the molecule is CC1(C)c2ccccc2-c2c1cc1ccccc1c2N(c1ccccc1)c1ccc2oc3cccc(-c4ccc(-c5ccc6ccccc6c5)cc4)c3c2c1. The van der Waals surface area contributed by atoms with Gasteiger partial charge in [0.15, 0.2) is 0 Å². The molecule has 1 aliphatic rings. The molecule has 2 nitrogen and oxygen atoms in total. The molecule has 0 N–H and O–H groups in total. The van der Waals surface area contributed by atoms with Crippen molar-refractivity contribution in [1.29, 1.82) is 0 Å². The molecule has 0 unspecified atom stereocenters. The molecule has 9 aromatic carbocycles. The van der Waals surface area contributed by atoms with Gasteiger partial charge in [0.05, 0.1) is 5.69 Å². The molecule has 10 aromatic rings. The van der Waals surface area contributed by atoms with Crippen LogP contribution in [0.5, 0.6) is 0 Å². The molecule has 0 spiro atoms.